The van der Waals surface area contributed by atoms with Gasteiger partial charge in [-0.1, -0.05) is 86.6 Å². The van der Waals surface area contributed by atoms with Crippen LogP contribution in [0.5, 0.6) is 0 Å². The number of anilines is 3. The molecule has 0 heterocycles. The predicted molar refractivity (Wildman–Crippen MR) is 129 cm³/mol. The van der Waals surface area contributed by atoms with Gasteiger partial charge in [-0.15, -0.1) is 0 Å². The van der Waals surface area contributed by atoms with Gasteiger partial charge in [-0.3, -0.25) is 0 Å². The molecule has 0 saturated heterocycles. The average molecular weight is 392 g/mol. The molecule has 1 nitrogen and oxygen atoms in total. The lowest BCUT2D eigenvalue weighted by molar-refractivity contribution is 0.733. The van der Waals surface area contributed by atoms with Gasteiger partial charge < -0.3 is 4.90 Å². The number of para-hydroxylation sites is 2. The lowest BCUT2D eigenvalue weighted by Gasteiger charge is -2.25. The molecule has 0 aliphatic rings. The molecule has 0 saturated carbocycles. The Morgan fingerprint density at radius 2 is 1.00 bits per heavy atom. The second-order valence-corrected chi connectivity index (χ2v) is 7.90. The van der Waals surface area contributed by atoms with Crippen LogP contribution in [0.3, 0.4) is 0 Å². The highest BCUT2D eigenvalue weighted by molar-refractivity contribution is 5.76. The first-order valence-electron chi connectivity index (χ1n) is 10.8. The lowest BCUT2D eigenvalue weighted by Crippen LogP contribution is -2.09. The smallest absolute Gasteiger partial charge is 0.0461 e. The second-order valence-electron chi connectivity index (χ2n) is 7.90. The molecular weight excluding hydrogens is 362 g/mol. The van der Waals surface area contributed by atoms with Crippen LogP contribution in [-0.2, 0) is 6.42 Å². The maximum Gasteiger partial charge on any atom is 0.0461 e. The average Bonchev–Trinajstić information content (AvgIpc) is 2.82. The Balaban J connectivity index is 1.57. The Labute approximate surface area is 180 Å². The van der Waals surface area contributed by atoms with Crippen LogP contribution in [0.4, 0.5) is 17.1 Å². The lowest BCUT2D eigenvalue weighted by atomic mass is 9.96. The number of hydrogen-bond acceptors (Lipinski definition) is 1. The Hall–Kier alpha value is -3.32. The van der Waals surface area contributed by atoms with Crippen molar-refractivity contribution in [2.24, 2.45) is 0 Å². The summed E-state index contributed by atoms with van der Waals surface area (Å²) in [7, 11) is 0. The Kier molecular flexibility index (Phi) is 6.29. The highest BCUT2D eigenvalue weighted by Crippen LogP contribution is 2.34. The van der Waals surface area contributed by atoms with Crippen LogP contribution < -0.4 is 4.90 Å². The van der Waals surface area contributed by atoms with Gasteiger partial charge in [0, 0.05) is 17.1 Å². The summed E-state index contributed by atoms with van der Waals surface area (Å²) in [5.74, 6) is 0.625. The van der Waals surface area contributed by atoms with Crippen molar-refractivity contribution >= 4 is 17.1 Å². The number of nitrogens with zero attached hydrogens (tertiary/aromatic N) is 1. The van der Waals surface area contributed by atoms with E-state index in [1.807, 2.05) is 0 Å². The predicted octanol–water partition coefficient (Wildman–Crippen LogP) is 8.26. The zero-order valence-corrected chi connectivity index (χ0v) is 17.8. The quantitative estimate of drug-likeness (QED) is 0.306. The molecule has 0 bridgehead atoms. The maximum atomic E-state index is 2.30. The summed E-state index contributed by atoms with van der Waals surface area (Å²) in [6.07, 6.45) is 2.14. The molecule has 0 N–H and O–H groups in total. The summed E-state index contributed by atoms with van der Waals surface area (Å²) in [5.41, 5.74) is 7.62. The van der Waals surface area contributed by atoms with Crippen molar-refractivity contribution in [2.45, 2.75) is 32.6 Å². The van der Waals surface area contributed by atoms with Crippen LogP contribution in [0.1, 0.15) is 42.9 Å². The Morgan fingerprint density at radius 3 is 1.47 bits per heavy atom. The minimum absolute atomic E-state index is 0.625. The van der Waals surface area contributed by atoms with Crippen molar-refractivity contribution in [1.29, 1.82) is 0 Å². The van der Waals surface area contributed by atoms with E-state index in [4.69, 9.17) is 0 Å². The molecule has 4 rings (SSSR count). The van der Waals surface area contributed by atoms with Gasteiger partial charge in [-0.25, -0.2) is 0 Å². The van der Waals surface area contributed by atoms with E-state index in [-0.39, 0.29) is 0 Å². The molecule has 0 aromatic heterocycles. The third-order valence-electron chi connectivity index (χ3n) is 5.79. The summed E-state index contributed by atoms with van der Waals surface area (Å²) < 4.78 is 0. The minimum Gasteiger partial charge on any atom is -0.311 e. The number of hydrogen-bond donors (Lipinski definition) is 0. The molecule has 150 valence electrons. The molecular formula is C29H29N. The normalized spacial score (nSPS) is 11.8. The molecule has 0 aliphatic heterocycles. The fraction of sp³-hybridized carbons (Fsp3) is 0.172. The van der Waals surface area contributed by atoms with Crippen molar-refractivity contribution in [3.8, 4) is 0 Å². The molecule has 0 fully saturated rings. The van der Waals surface area contributed by atoms with Gasteiger partial charge in [0.15, 0.2) is 0 Å². The van der Waals surface area contributed by atoms with Gasteiger partial charge in [0.25, 0.3) is 0 Å². The fourth-order valence-electron chi connectivity index (χ4n) is 3.80. The van der Waals surface area contributed by atoms with Gasteiger partial charge in [0.2, 0.25) is 0 Å². The van der Waals surface area contributed by atoms with E-state index >= 15 is 0 Å². The zero-order valence-electron chi connectivity index (χ0n) is 17.8. The van der Waals surface area contributed by atoms with Crippen molar-refractivity contribution in [2.75, 3.05) is 4.90 Å². The van der Waals surface area contributed by atoms with E-state index in [1.54, 1.807) is 0 Å². The standard InChI is InChI=1S/C29H29N/c1-3-23(2)26-18-14-24(15-19-26)22-25-16-20-29(21-17-25)30(27-10-6-4-7-11-27)28-12-8-5-9-13-28/h4-21,23H,3,22H2,1-2H3. The van der Waals surface area contributed by atoms with Crippen LogP contribution in [0.2, 0.25) is 0 Å². The summed E-state index contributed by atoms with van der Waals surface area (Å²) >= 11 is 0. The van der Waals surface area contributed by atoms with E-state index in [9.17, 15) is 0 Å². The van der Waals surface area contributed by atoms with Gasteiger partial charge in [-0.05, 0) is 71.8 Å². The van der Waals surface area contributed by atoms with Crippen molar-refractivity contribution < 1.29 is 0 Å². The summed E-state index contributed by atoms with van der Waals surface area (Å²) in [6.45, 7) is 4.53. The van der Waals surface area contributed by atoms with Crippen molar-refractivity contribution in [3.05, 3.63) is 126 Å². The first-order chi connectivity index (χ1) is 14.7. The first-order valence-corrected chi connectivity index (χ1v) is 10.8. The van der Waals surface area contributed by atoms with Crippen LogP contribution in [-0.4, -0.2) is 0 Å². The van der Waals surface area contributed by atoms with Gasteiger partial charge in [0.05, 0.1) is 0 Å². The highest BCUT2D eigenvalue weighted by atomic mass is 15.1. The van der Waals surface area contributed by atoms with E-state index < -0.39 is 0 Å². The zero-order chi connectivity index (χ0) is 20.8. The number of benzene rings is 4. The highest BCUT2D eigenvalue weighted by Gasteiger charge is 2.11. The Morgan fingerprint density at radius 1 is 0.567 bits per heavy atom. The summed E-state index contributed by atoms with van der Waals surface area (Å²) in [4.78, 5) is 2.30. The molecule has 1 atom stereocenters. The first kappa shape index (κ1) is 20.0. The molecule has 0 spiro atoms. The van der Waals surface area contributed by atoms with Crippen molar-refractivity contribution in [3.63, 3.8) is 0 Å². The van der Waals surface area contributed by atoms with Gasteiger partial charge in [0.1, 0.15) is 0 Å². The van der Waals surface area contributed by atoms with Gasteiger partial charge in [-0.2, -0.15) is 0 Å². The molecule has 1 unspecified atom stereocenters. The van der Waals surface area contributed by atoms with E-state index in [1.165, 1.54) is 28.8 Å². The fourth-order valence-corrected chi connectivity index (χ4v) is 3.80. The van der Waals surface area contributed by atoms with E-state index in [2.05, 4.69) is 128 Å². The maximum absolute atomic E-state index is 2.30. The molecule has 0 radical (unpaired) electrons. The Bertz CT molecular complexity index is 996. The molecule has 4 aromatic rings. The molecule has 0 aliphatic carbocycles. The molecule has 4 aromatic carbocycles. The van der Waals surface area contributed by atoms with Crippen LogP contribution >= 0.6 is 0 Å². The second kappa shape index (κ2) is 9.45. The third kappa shape index (κ3) is 4.63. The topological polar surface area (TPSA) is 3.24 Å². The largest absolute Gasteiger partial charge is 0.311 e. The van der Waals surface area contributed by atoms with Gasteiger partial charge >= 0.3 is 0 Å². The van der Waals surface area contributed by atoms with Crippen LogP contribution in [0, 0.1) is 0 Å². The van der Waals surface area contributed by atoms with Crippen LogP contribution in [0.25, 0.3) is 0 Å². The molecule has 1 heteroatoms. The van der Waals surface area contributed by atoms with Crippen LogP contribution in [0.15, 0.2) is 109 Å². The third-order valence-corrected chi connectivity index (χ3v) is 5.79. The number of rotatable bonds is 7. The molecule has 0 amide bonds. The monoisotopic (exact) mass is 391 g/mol. The van der Waals surface area contributed by atoms with E-state index in [0.29, 0.717) is 5.92 Å². The summed E-state index contributed by atoms with van der Waals surface area (Å²) in [6, 6.07) is 39.1. The molecule has 30 heavy (non-hydrogen) atoms. The minimum atomic E-state index is 0.625. The van der Waals surface area contributed by atoms with Crippen molar-refractivity contribution in [1.82, 2.24) is 0 Å². The summed E-state index contributed by atoms with van der Waals surface area (Å²) in [5, 5.41) is 0. The SMILES string of the molecule is CCC(C)c1ccc(Cc2ccc(N(c3ccccc3)c3ccccc3)cc2)cc1. The van der Waals surface area contributed by atoms with E-state index in [0.717, 1.165) is 17.8 Å².